The van der Waals surface area contributed by atoms with E-state index in [4.69, 9.17) is 25.8 Å². The fourth-order valence-electron chi connectivity index (χ4n) is 1.98. The minimum atomic E-state index is -1.18. The molecule has 0 saturated carbocycles. The van der Waals surface area contributed by atoms with Crippen molar-refractivity contribution in [3.8, 4) is 11.5 Å². The van der Waals surface area contributed by atoms with Gasteiger partial charge in [-0.2, -0.15) is 0 Å². The lowest BCUT2D eigenvalue weighted by atomic mass is 10.2. The smallest absolute Gasteiger partial charge is 0.339 e. The van der Waals surface area contributed by atoms with Crippen LogP contribution in [-0.4, -0.2) is 43.8 Å². The van der Waals surface area contributed by atoms with Crippen molar-refractivity contribution in [2.45, 2.75) is 46.3 Å². The fraction of sp³-hybridized carbons (Fsp3) is 0.500. The summed E-state index contributed by atoms with van der Waals surface area (Å²) < 4.78 is 15.8. The molecule has 150 valence electrons. The molecule has 0 bridgehead atoms. The number of urea groups is 1. The summed E-state index contributed by atoms with van der Waals surface area (Å²) >= 11 is 6.16. The highest BCUT2D eigenvalue weighted by atomic mass is 35.5. The lowest BCUT2D eigenvalue weighted by Crippen LogP contribution is -2.46. The highest BCUT2D eigenvalue weighted by molar-refractivity contribution is 6.32. The Bertz CT molecular complexity index is 693. The summed E-state index contributed by atoms with van der Waals surface area (Å²) in [6, 6.07) is 1.97. The van der Waals surface area contributed by atoms with E-state index < -0.39 is 24.0 Å². The molecule has 27 heavy (non-hydrogen) atoms. The number of hydrogen-bond acceptors (Lipinski definition) is 6. The van der Waals surface area contributed by atoms with Gasteiger partial charge < -0.3 is 19.5 Å². The standard InChI is InChI=1S/C18H25ClN2O6/c1-6-7-26-15-13(19)8-12(9-14(15)25-5)17(23)27-11(4)16(22)21-18(24)20-10(2)3/h8-11H,6-7H2,1-5H3,(H2,20,21,22,24)/t11-/m1/s1. The number of nitrogens with one attached hydrogen (secondary N) is 2. The highest BCUT2D eigenvalue weighted by Gasteiger charge is 2.23. The first-order valence-corrected chi connectivity index (χ1v) is 8.90. The summed E-state index contributed by atoms with van der Waals surface area (Å²) in [5, 5.41) is 4.78. The van der Waals surface area contributed by atoms with Crippen LogP contribution in [-0.2, 0) is 9.53 Å². The molecule has 0 aliphatic rings. The number of halogens is 1. The van der Waals surface area contributed by atoms with Crippen molar-refractivity contribution in [1.82, 2.24) is 10.6 Å². The average Bonchev–Trinajstić information content (AvgIpc) is 2.58. The summed E-state index contributed by atoms with van der Waals surface area (Å²) in [7, 11) is 1.42. The molecular weight excluding hydrogens is 376 g/mol. The minimum absolute atomic E-state index is 0.0898. The van der Waals surface area contributed by atoms with Crippen molar-refractivity contribution in [1.29, 1.82) is 0 Å². The van der Waals surface area contributed by atoms with Crippen molar-refractivity contribution in [2.75, 3.05) is 13.7 Å². The van der Waals surface area contributed by atoms with Crippen LogP contribution < -0.4 is 20.1 Å². The number of esters is 1. The topological polar surface area (TPSA) is 103 Å². The Morgan fingerprint density at radius 1 is 1.19 bits per heavy atom. The normalized spacial score (nSPS) is 11.5. The zero-order chi connectivity index (χ0) is 20.6. The van der Waals surface area contributed by atoms with Crippen molar-refractivity contribution in [3.05, 3.63) is 22.7 Å². The second kappa shape index (κ2) is 10.6. The second-order valence-corrected chi connectivity index (χ2v) is 6.41. The summed E-state index contributed by atoms with van der Waals surface area (Å²) in [4.78, 5) is 35.8. The molecule has 0 aromatic heterocycles. The average molecular weight is 401 g/mol. The van der Waals surface area contributed by atoms with Crippen molar-refractivity contribution in [3.63, 3.8) is 0 Å². The largest absolute Gasteiger partial charge is 0.493 e. The molecule has 0 spiro atoms. The first-order chi connectivity index (χ1) is 12.7. The van der Waals surface area contributed by atoms with E-state index in [1.807, 2.05) is 6.92 Å². The van der Waals surface area contributed by atoms with Crippen LogP contribution in [0.4, 0.5) is 4.79 Å². The zero-order valence-electron chi connectivity index (χ0n) is 16.1. The molecule has 1 atom stereocenters. The molecule has 0 unspecified atom stereocenters. The number of imide groups is 1. The quantitative estimate of drug-likeness (QED) is 0.650. The van der Waals surface area contributed by atoms with Crippen LogP contribution in [0, 0.1) is 0 Å². The third-order valence-corrected chi connectivity index (χ3v) is 3.51. The highest BCUT2D eigenvalue weighted by Crippen LogP contribution is 2.36. The number of carbonyl (C=O) groups is 3. The Labute approximate surface area is 163 Å². The lowest BCUT2D eigenvalue weighted by Gasteiger charge is -2.16. The van der Waals surface area contributed by atoms with E-state index in [-0.39, 0.29) is 22.4 Å². The number of benzene rings is 1. The molecular formula is C18H25ClN2O6. The SMILES string of the molecule is CCCOc1c(Cl)cc(C(=O)O[C@H](C)C(=O)NC(=O)NC(C)C)cc1OC. The molecule has 0 fully saturated rings. The second-order valence-electron chi connectivity index (χ2n) is 6.00. The Morgan fingerprint density at radius 2 is 1.85 bits per heavy atom. The molecule has 3 amide bonds. The van der Waals surface area contributed by atoms with Crippen molar-refractivity contribution >= 4 is 29.5 Å². The van der Waals surface area contributed by atoms with Gasteiger partial charge in [0.15, 0.2) is 17.6 Å². The van der Waals surface area contributed by atoms with Crippen molar-refractivity contribution < 1.29 is 28.6 Å². The Hall–Kier alpha value is -2.48. The molecule has 2 N–H and O–H groups in total. The van der Waals surface area contributed by atoms with Gasteiger partial charge in [-0.15, -0.1) is 0 Å². The van der Waals surface area contributed by atoms with Gasteiger partial charge in [0, 0.05) is 6.04 Å². The third kappa shape index (κ3) is 6.97. The van der Waals surface area contributed by atoms with Crippen LogP contribution in [0.15, 0.2) is 12.1 Å². The van der Waals surface area contributed by atoms with Gasteiger partial charge in [-0.25, -0.2) is 9.59 Å². The molecule has 0 aliphatic carbocycles. The molecule has 8 nitrogen and oxygen atoms in total. The molecule has 9 heteroatoms. The maximum atomic E-state index is 12.3. The molecule has 0 radical (unpaired) electrons. The zero-order valence-corrected chi connectivity index (χ0v) is 16.8. The van der Waals surface area contributed by atoms with Crippen LogP contribution in [0.2, 0.25) is 5.02 Å². The summed E-state index contributed by atoms with van der Waals surface area (Å²) in [5.41, 5.74) is 0.0898. The van der Waals surface area contributed by atoms with Gasteiger partial charge in [0.25, 0.3) is 5.91 Å². The molecule has 1 aromatic carbocycles. The maximum absolute atomic E-state index is 12.3. The van der Waals surface area contributed by atoms with Gasteiger partial charge in [0.05, 0.1) is 24.3 Å². The molecule has 0 saturated heterocycles. The number of carbonyl (C=O) groups excluding carboxylic acids is 3. The van der Waals surface area contributed by atoms with E-state index in [0.29, 0.717) is 12.4 Å². The Morgan fingerprint density at radius 3 is 2.41 bits per heavy atom. The van der Waals surface area contributed by atoms with E-state index in [0.717, 1.165) is 6.42 Å². The van der Waals surface area contributed by atoms with Crippen LogP contribution in [0.25, 0.3) is 0 Å². The lowest BCUT2D eigenvalue weighted by molar-refractivity contribution is -0.127. The van der Waals surface area contributed by atoms with Crippen LogP contribution >= 0.6 is 11.6 Å². The molecule has 0 aliphatic heterocycles. The number of hydrogen-bond donors (Lipinski definition) is 2. The van der Waals surface area contributed by atoms with E-state index in [1.54, 1.807) is 13.8 Å². The van der Waals surface area contributed by atoms with Crippen LogP contribution in [0.1, 0.15) is 44.5 Å². The van der Waals surface area contributed by atoms with Gasteiger partial charge in [-0.1, -0.05) is 18.5 Å². The van der Waals surface area contributed by atoms with E-state index in [1.165, 1.54) is 26.2 Å². The Kier molecular flexibility index (Phi) is 8.87. The third-order valence-electron chi connectivity index (χ3n) is 3.23. The monoisotopic (exact) mass is 400 g/mol. The van der Waals surface area contributed by atoms with Gasteiger partial charge in [-0.05, 0) is 39.3 Å². The van der Waals surface area contributed by atoms with E-state index in [2.05, 4.69) is 10.6 Å². The minimum Gasteiger partial charge on any atom is -0.493 e. The van der Waals surface area contributed by atoms with Gasteiger partial charge in [0.2, 0.25) is 0 Å². The number of amides is 3. The summed E-state index contributed by atoms with van der Waals surface area (Å²) in [6.45, 7) is 7.24. The van der Waals surface area contributed by atoms with Gasteiger partial charge in [-0.3, -0.25) is 10.1 Å². The summed E-state index contributed by atoms with van der Waals surface area (Å²) in [5.74, 6) is -0.934. The first-order valence-electron chi connectivity index (χ1n) is 8.52. The molecule has 0 heterocycles. The number of ether oxygens (including phenoxy) is 3. The fourth-order valence-corrected chi connectivity index (χ4v) is 2.24. The van der Waals surface area contributed by atoms with E-state index in [9.17, 15) is 14.4 Å². The number of rotatable bonds is 8. The van der Waals surface area contributed by atoms with Crippen LogP contribution in [0.3, 0.4) is 0 Å². The predicted octanol–water partition coefficient (Wildman–Crippen LogP) is 2.92. The summed E-state index contributed by atoms with van der Waals surface area (Å²) in [6.07, 6.45) is -0.406. The molecule has 1 rings (SSSR count). The first kappa shape index (κ1) is 22.6. The van der Waals surface area contributed by atoms with E-state index >= 15 is 0 Å². The Balaban J connectivity index is 2.82. The van der Waals surface area contributed by atoms with Crippen molar-refractivity contribution in [2.24, 2.45) is 0 Å². The maximum Gasteiger partial charge on any atom is 0.339 e. The number of methoxy groups -OCH3 is 1. The molecule has 1 aromatic rings. The predicted molar refractivity (Wildman–Crippen MR) is 100 cm³/mol. The van der Waals surface area contributed by atoms with Crippen LogP contribution in [0.5, 0.6) is 11.5 Å². The van der Waals surface area contributed by atoms with Gasteiger partial charge >= 0.3 is 12.0 Å². The van der Waals surface area contributed by atoms with Gasteiger partial charge in [0.1, 0.15) is 0 Å².